The fourth-order valence-corrected chi connectivity index (χ4v) is 2.08. The Bertz CT molecular complexity index is 910. The molecule has 0 saturated heterocycles. The Hall–Kier alpha value is -3.27. The van der Waals surface area contributed by atoms with E-state index < -0.39 is 40.2 Å². The SMILES string of the molecule is COC(=O)c1cc([N+](=O)[O-])cn(CC(=O)Nc2cccnc2Cl)c1=O. The molecule has 1 amide bonds. The van der Waals surface area contributed by atoms with Gasteiger partial charge in [0.15, 0.2) is 5.15 Å². The quantitative estimate of drug-likeness (QED) is 0.364. The average molecular weight is 367 g/mol. The number of carbonyl (C=O) groups excluding carboxylic acids is 2. The monoisotopic (exact) mass is 366 g/mol. The molecule has 2 rings (SSSR count). The molecule has 11 heteroatoms. The van der Waals surface area contributed by atoms with Crippen LogP contribution in [0.1, 0.15) is 10.4 Å². The maximum Gasteiger partial charge on any atom is 0.343 e. The van der Waals surface area contributed by atoms with Gasteiger partial charge < -0.3 is 10.1 Å². The second-order valence-electron chi connectivity index (χ2n) is 4.68. The van der Waals surface area contributed by atoms with Gasteiger partial charge in [0.05, 0.1) is 23.9 Å². The van der Waals surface area contributed by atoms with Gasteiger partial charge in [0.1, 0.15) is 12.1 Å². The van der Waals surface area contributed by atoms with Crippen molar-refractivity contribution in [2.75, 3.05) is 12.4 Å². The molecule has 1 N–H and O–H groups in total. The minimum atomic E-state index is -1.04. The van der Waals surface area contributed by atoms with Crippen molar-refractivity contribution in [2.45, 2.75) is 6.54 Å². The summed E-state index contributed by atoms with van der Waals surface area (Å²) in [5.41, 5.74) is -1.78. The zero-order chi connectivity index (χ0) is 18.6. The second-order valence-corrected chi connectivity index (χ2v) is 5.04. The van der Waals surface area contributed by atoms with Gasteiger partial charge in [0, 0.05) is 12.3 Å². The molecule has 10 nitrogen and oxygen atoms in total. The first-order chi connectivity index (χ1) is 11.8. The number of nitrogens with zero attached hydrogens (tertiary/aromatic N) is 3. The molecule has 130 valence electrons. The number of pyridine rings is 2. The van der Waals surface area contributed by atoms with Crippen LogP contribution in [0, 0.1) is 10.1 Å². The van der Waals surface area contributed by atoms with E-state index in [0.29, 0.717) is 0 Å². The summed E-state index contributed by atoms with van der Waals surface area (Å²) in [6, 6.07) is 3.82. The summed E-state index contributed by atoms with van der Waals surface area (Å²) in [6.45, 7) is -0.574. The summed E-state index contributed by atoms with van der Waals surface area (Å²) in [5.74, 6) is -1.73. The van der Waals surface area contributed by atoms with Crippen molar-refractivity contribution in [3.63, 3.8) is 0 Å². The van der Waals surface area contributed by atoms with Crippen molar-refractivity contribution in [2.24, 2.45) is 0 Å². The number of methoxy groups -OCH3 is 1. The van der Waals surface area contributed by atoms with Crippen LogP contribution < -0.4 is 10.9 Å². The number of rotatable bonds is 5. The number of anilines is 1. The minimum Gasteiger partial charge on any atom is -0.465 e. The number of carbonyl (C=O) groups is 2. The van der Waals surface area contributed by atoms with Gasteiger partial charge in [-0.2, -0.15) is 0 Å². The van der Waals surface area contributed by atoms with Crippen molar-refractivity contribution < 1.29 is 19.2 Å². The van der Waals surface area contributed by atoms with Gasteiger partial charge in [0.2, 0.25) is 5.91 Å². The van der Waals surface area contributed by atoms with Gasteiger partial charge in [-0.25, -0.2) is 9.78 Å². The van der Waals surface area contributed by atoms with Crippen molar-refractivity contribution in [3.05, 3.63) is 61.8 Å². The molecule has 2 heterocycles. The minimum absolute atomic E-state index is 0.0393. The standard InChI is InChI=1S/C14H11ClN4O6/c1-25-14(22)9-5-8(19(23)24)6-18(13(9)21)7-11(20)17-10-3-2-4-16-12(10)15/h2-6H,7H2,1H3,(H,17,20). The molecule has 0 spiro atoms. The molecule has 0 radical (unpaired) electrons. The smallest absolute Gasteiger partial charge is 0.343 e. The topological polar surface area (TPSA) is 133 Å². The third kappa shape index (κ3) is 4.18. The molecule has 0 fully saturated rings. The van der Waals surface area contributed by atoms with E-state index in [2.05, 4.69) is 15.0 Å². The van der Waals surface area contributed by atoms with E-state index in [9.17, 15) is 24.5 Å². The number of nitro groups is 1. The Labute approximate surface area is 145 Å². The lowest BCUT2D eigenvalue weighted by Crippen LogP contribution is -2.31. The van der Waals surface area contributed by atoms with Crippen LogP contribution in [0.25, 0.3) is 0 Å². The van der Waals surface area contributed by atoms with Crippen LogP contribution in [0.15, 0.2) is 35.4 Å². The zero-order valence-electron chi connectivity index (χ0n) is 12.8. The molecule has 0 unspecified atom stereocenters. The van der Waals surface area contributed by atoms with Gasteiger partial charge in [-0.15, -0.1) is 0 Å². The zero-order valence-corrected chi connectivity index (χ0v) is 13.5. The predicted molar refractivity (Wildman–Crippen MR) is 86.6 cm³/mol. The Morgan fingerprint density at radius 3 is 2.80 bits per heavy atom. The Morgan fingerprint density at radius 2 is 2.20 bits per heavy atom. The summed E-state index contributed by atoms with van der Waals surface area (Å²) in [6.07, 6.45) is 2.28. The van der Waals surface area contributed by atoms with Gasteiger partial charge in [0.25, 0.3) is 11.2 Å². The van der Waals surface area contributed by atoms with Crippen LogP contribution in [-0.2, 0) is 16.1 Å². The summed E-state index contributed by atoms with van der Waals surface area (Å²) in [7, 11) is 1.03. The fourth-order valence-electron chi connectivity index (χ4n) is 1.92. The molecular formula is C14H11ClN4O6. The van der Waals surface area contributed by atoms with E-state index in [1.807, 2.05) is 0 Å². The van der Waals surface area contributed by atoms with Gasteiger partial charge >= 0.3 is 5.97 Å². The Morgan fingerprint density at radius 1 is 1.48 bits per heavy atom. The maximum atomic E-state index is 12.2. The van der Waals surface area contributed by atoms with Crippen molar-refractivity contribution in [1.82, 2.24) is 9.55 Å². The lowest BCUT2D eigenvalue weighted by atomic mass is 10.2. The number of aromatic nitrogens is 2. The highest BCUT2D eigenvalue weighted by Gasteiger charge is 2.21. The molecule has 0 aliphatic rings. The highest BCUT2D eigenvalue weighted by atomic mass is 35.5. The summed E-state index contributed by atoms with van der Waals surface area (Å²) in [4.78, 5) is 49.8. The van der Waals surface area contributed by atoms with E-state index in [-0.39, 0.29) is 10.8 Å². The average Bonchev–Trinajstić information content (AvgIpc) is 2.57. The van der Waals surface area contributed by atoms with E-state index in [1.165, 1.54) is 18.3 Å². The van der Waals surface area contributed by atoms with E-state index in [0.717, 1.165) is 23.9 Å². The molecule has 25 heavy (non-hydrogen) atoms. The Kier molecular flexibility index (Phi) is 5.45. The van der Waals surface area contributed by atoms with E-state index in [1.54, 1.807) is 0 Å². The van der Waals surface area contributed by atoms with Gasteiger partial charge in [-0.05, 0) is 12.1 Å². The van der Waals surface area contributed by atoms with Crippen molar-refractivity contribution >= 4 is 34.9 Å². The molecule has 0 aromatic carbocycles. The molecule has 0 aliphatic heterocycles. The number of esters is 1. The van der Waals surface area contributed by atoms with Crippen LogP contribution >= 0.6 is 11.6 Å². The first-order valence-electron chi connectivity index (χ1n) is 6.71. The van der Waals surface area contributed by atoms with E-state index in [4.69, 9.17) is 11.6 Å². The van der Waals surface area contributed by atoms with Crippen LogP contribution in [0.4, 0.5) is 11.4 Å². The molecule has 2 aromatic heterocycles. The summed E-state index contributed by atoms with van der Waals surface area (Å²) < 4.78 is 5.16. The number of halogens is 1. The molecule has 0 aliphatic carbocycles. The first kappa shape index (κ1) is 18.1. The number of hydrogen-bond donors (Lipinski definition) is 1. The highest BCUT2D eigenvalue weighted by molar-refractivity contribution is 6.32. The maximum absolute atomic E-state index is 12.2. The third-order valence-corrected chi connectivity index (χ3v) is 3.34. The summed E-state index contributed by atoms with van der Waals surface area (Å²) in [5, 5.41) is 13.4. The fraction of sp³-hybridized carbons (Fsp3) is 0.143. The largest absolute Gasteiger partial charge is 0.465 e. The van der Waals surface area contributed by atoms with Gasteiger partial charge in [-0.1, -0.05) is 11.6 Å². The predicted octanol–water partition coefficient (Wildman–Crippen LogP) is 1.23. The highest BCUT2D eigenvalue weighted by Crippen LogP contribution is 2.17. The molecule has 2 aromatic rings. The van der Waals surface area contributed by atoms with Crippen LogP contribution in [0.5, 0.6) is 0 Å². The lowest BCUT2D eigenvalue weighted by Gasteiger charge is -2.09. The third-order valence-electron chi connectivity index (χ3n) is 3.03. The number of amides is 1. The first-order valence-corrected chi connectivity index (χ1v) is 7.09. The molecule has 0 bridgehead atoms. The van der Waals surface area contributed by atoms with Crippen molar-refractivity contribution in [1.29, 1.82) is 0 Å². The van der Waals surface area contributed by atoms with Gasteiger partial charge in [-0.3, -0.25) is 24.3 Å². The van der Waals surface area contributed by atoms with Crippen LogP contribution in [0.3, 0.4) is 0 Å². The molecule has 0 atom stereocenters. The van der Waals surface area contributed by atoms with Crippen molar-refractivity contribution in [3.8, 4) is 0 Å². The normalized spacial score (nSPS) is 10.2. The molecular weight excluding hydrogens is 356 g/mol. The number of nitrogens with one attached hydrogen (secondary N) is 1. The van der Waals surface area contributed by atoms with Crippen LogP contribution in [0.2, 0.25) is 5.15 Å². The number of ether oxygens (including phenoxy) is 1. The van der Waals surface area contributed by atoms with E-state index >= 15 is 0 Å². The summed E-state index contributed by atoms with van der Waals surface area (Å²) >= 11 is 5.81. The van der Waals surface area contributed by atoms with Crippen LogP contribution in [-0.4, -0.2) is 33.5 Å². The Balaban J connectivity index is 2.35. The lowest BCUT2D eigenvalue weighted by molar-refractivity contribution is -0.385. The number of hydrogen-bond acceptors (Lipinski definition) is 7. The molecule has 0 saturated carbocycles. The second kappa shape index (κ2) is 7.53.